The second-order valence-electron chi connectivity index (χ2n) is 1.57. The van der Waals surface area contributed by atoms with Crippen molar-refractivity contribution < 1.29 is 4.79 Å². The molecule has 0 aromatic heterocycles. The minimum absolute atomic E-state index is 0.150. The maximum absolute atomic E-state index is 10.1. The zero-order valence-corrected chi connectivity index (χ0v) is 5.95. The zero-order chi connectivity index (χ0) is 5.86. The lowest BCUT2D eigenvalue weighted by atomic mass is 10.4. The molecule has 0 aromatic rings. The van der Waals surface area contributed by atoms with Gasteiger partial charge >= 0.3 is 0 Å². The molecule has 0 saturated heterocycles. The molecule has 2 nitrogen and oxygen atoms in total. The van der Waals surface area contributed by atoms with Crippen molar-refractivity contribution in [3.05, 3.63) is 0 Å². The second kappa shape index (κ2) is 3.02. The summed E-state index contributed by atoms with van der Waals surface area (Å²) in [6.07, 6.45) is 0. The summed E-state index contributed by atoms with van der Waals surface area (Å²) in [7, 11) is 0. The number of hydrogen-bond donors (Lipinski definition) is 1. The largest absolute Gasteiger partial charge is 0.344 e. The topological polar surface area (TPSA) is 29.1 Å². The third kappa shape index (κ3) is 5.95. The number of amides is 1. The van der Waals surface area contributed by atoms with Gasteiger partial charge in [0.1, 0.15) is 0 Å². The molecule has 0 saturated carbocycles. The van der Waals surface area contributed by atoms with Crippen LogP contribution in [-0.2, 0) is 0 Å². The van der Waals surface area contributed by atoms with Gasteiger partial charge in [-0.15, -0.1) is 0 Å². The predicted octanol–water partition coefficient (Wildman–Crippen LogP) is 1.50. The van der Waals surface area contributed by atoms with Crippen LogP contribution in [0.1, 0.15) is 13.8 Å². The van der Waals surface area contributed by atoms with Gasteiger partial charge in [-0.1, -0.05) is 0 Å². The van der Waals surface area contributed by atoms with Crippen molar-refractivity contribution in [2.75, 3.05) is 0 Å². The van der Waals surface area contributed by atoms with Crippen LogP contribution in [0.15, 0.2) is 0 Å². The molecule has 1 amide bonds. The first kappa shape index (κ1) is 6.95. The van der Waals surface area contributed by atoms with Crippen LogP contribution in [0.25, 0.3) is 0 Å². The lowest BCUT2D eigenvalue weighted by molar-refractivity contribution is 0.260. The molecule has 0 aliphatic heterocycles. The Morgan fingerprint density at radius 2 is 2.14 bits per heavy atom. The number of hydrogen-bond acceptors (Lipinski definition) is 1. The fraction of sp³-hybridized carbons (Fsp3) is 0.750. The van der Waals surface area contributed by atoms with Gasteiger partial charge in [-0.3, -0.25) is 4.79 Å². The summed E-state index contributed by atoms with van der Waals surface area (Å²) >= 11 is 2.72. The van der Waals surface area contributed by atoms with Crippen LogP contribution < -0.4 is 5.32 Å². The maximum Gasteiger partial charge on any atom is 0.287 e. The molecule has 0 fully saturated rings. The highest BCUT2D eigenvalue weighted by atomic mass is 79.9. The van der Waals surface area contributed by atoms with Gasteiger partial charge in [0, 0.05) is 22.0 Å². The van der Waals surface area contributed by atoms with E-state index in [2.05, 4.69) is 21.2 Å². The number of halogens is 1. The first-order valence-electron chi connectivity index (χ1n) is 2.09. The van der Waals surface area contributed by atoms with E-state index in [-0.39, 0.29) is 10.9 Å². The average Bonchev–Trinajstić information content (AvgIpc) is 1.27. The van der Waals surface area contributed by atoms with Gasteiger partial charge in [0.15, 0.2) is 0 Å². The van der Waals surface area contributed by atoms with Crippen molar-refractivity contribution in [1.29, 1.82) is 0 Å². The van der Waals surface area contributed by atoms with Gasteiger partial charge in [0.25, 0.3) is 4.82 Å². The first-order valence-corrected chi connectivity index (χ1v) is 2.88. The van der Waals surface area contributed by atoms with Crippen LogP contribution in [-0.4, -0.2) is 10.9 Å². The van der Waals surface area contributed by atoms with Crippen LogP contribution in [0.2, 0.25) is 0 Å². The fourth-order valence-corrected chi connectivity index (χ4v) is 0.685. The molecule has 0 aliphatic rings. The van der Waals surface area contributed by atoms with E-state index in [1.165, 1.54) is 0 Å². The van der Waals surface area contributed by atoms with E-state index >= 15 is 0 Å². The van der Waals surface area contributed by atoms with Crippen LogP contribution in [0.4, 0.5) is 4.79 Å². The average molecular weight is 166 g/mol. The molecule has 1 N–H and O–H groups in total. The lowest BCUT2D eigenvalue weighted by Gasteiger charge is -2.00. The Kier molecular flexibility index (Phi) is 3.00. The summed E-state index contributed by atoms with van der Waals surface area (Å²) < 4.78 is 0. The summed E-state index contributed by atoms with van der Waals surface area (Å²) in [5.74, 6) is 0. The smallest absolute Gasteiger partial charge is 0.287 e. The minimum atomic E-state index is -0.150. The lowest BCUT2D eigenvalue weighted by Crippen LogP contribution is -2.24. The standard InChI is InChI=1S/C4H8BrNO/c1-3(2)6-4(5)7/h3H,1-2H3,(H,6,7). The highest BCUT2D eigenvalue weighted by Crippen LogP contribution is 1.84. The molecule has 3 heteroatoms. The third-order valence-corrected chi connectivity index (χ3v) is 0.631. The Balaban J connectivity index is 3.13. The van der Waals surface area contributed by atoms with Crippen LogP contribution in [0.5, 0.6) is 0 Å². The van der Waals surface area contributed by atoms with E-state index in [0.717, 1.165) is 0 Å². The highest BCUT2D eigenvalue weighted by molar-refractivity contribution is 9.18. The van der Waals surface area contributed by atoms with Crippen molar-refractivity contribution >= 4 is 20.7 Å². The molecular formula is C4H8BrNO. The molecule has 0 unspecified atom stereocenters. The minimum Gasteiger partial charge on any atom is -0.344 e. The Morgan fingerprint density at radius 3 is 2.14 bits per heavy atom. The van der Waals surface area contributed by atoms with E-state index < -0.39 is 0 Å². The first-order chi connectivity index (χ1) is 3.13. The summed E-state index contributed by atoms with van der Waals surface area (Å²) in [6, 6.07) is 0.229. The molecule has 0 radical (unpaired) electrons. The van der Waals surface area contributed by atoms with Gasteiger partial charge in [0.05, 0.1) is 0 Å². The molecule has 0 aliphatic carbocycles. The van der Waals surface area contributed by atoms with Gasteiger partial charge in [-0.2, -0.15) is 0 Å². The number of carbonyl (C=O) groups excluding carboxylic acids is 1. The third-order valence-electron chi connectivity index (χ3n) is 0.402. The zero-order valence-electron chi connectivity index (χ0n) is 4.36. The van der Waals surface area contributed by atoms with Crippen molar-refractivity contribution in [2.24, 2.45) is 0 Å². The Morgan fingerprint density at radius 1 is 1.71 bits per heavy atom. The van der Waals surface area contributed by atoms with Crippen molar-refractivity contribution in [3.8, 4) is 0 Å². The number of nitrogens with one attached hydrogen (secondary N) is 1. The van der Waals surface area contributed by atoms with Crippen molar-refractivity contribution in [1.82, 2.24) is 5.32 Å². The van der Waals surface area contributed by atoms with Gasteiger partial charge in [-0.25, -0.2) is 0 Å². The number of rotatable bonds is 1. The van der Waals surface area contributed by atoms with E-state index in [0.29, 0.717) is 0 Å². The Hall–Kier alpha value is -0.0500. The van der Waals surface area contributed by atoms with Crippen LogP contribution in [0, 0.1) is 0 Å². The Labute approximate surface area is 51.4 Å². The maximum atomic E-state index is 10.1. The fourth-order valence-electron chi connectivity index (χ4n) is 0.227. The summed E-state index contributed by atoms with van der Waals surface area (Å²) in [4.78, 5) is 9.91. The van der Waals surface area contributed by atoms with E-state index in [1.807, 2.05) is 13.8 Å². The Bertz CT molecular complexity index is 72.1. The van der Waals surface area contributed by atoms with Crippen molar-refractivity contribution in [2.45, 2.75) is 19.9 Å². The highest BCUT2D eigenvalue weighted by Gasteiger charge is 1.93. The molecule has 0 atom stereocenters. The quantitative estimate of drug-likeness (QED) is 0.464. The molecule has 0 aromatic carbocycles. The predicted molar refractivity (Wildman–Crippen MR) is 32.6 cm³/mol. The second-order valence-corrected chi connectivity index (χ2v) is 2.29. The molecule has 42 valence electrons. The van der Waals surface area contributed by atoms with Crippen molar-refractivity contribution in [3.63, 3.8) is 0 Å². The van der Waals surface area contributed by atoms with Crippen LogP contribution in [0.3, 0.4) is 0 Å². The molecule has 0 rings (SSSR count). The van der Waals surface area contributed by atoms with Crippen LogP contribution >= 0.6 is 15.9 Å². The SMILES string of the molecule is CC(C)NC(=O)Br. The van der Waals surface area contributed by atoms with E-state index in [4.69, 9.17) is 0 Å². The molecule has 0 spiro atoms. The molecule has 0 heterocycles. The van der Waals surface area contributed by atoms with E-state index in [1.54, 1.807) is 0 Å². The van der Waals surface area contributed by atoms with E-state index in [9.17, 15) is 4.79 Å². The van der Waals surface area contributed by atoms with Gasteiger partial charge < -0.3 is 5.32 Å². The monoisotopic (exact) mass is 165 g/mol. The summed E-state index contributed by atoms with van der Waals surface area (Å²) in [6.45, 7) is 3.80. The van der Waals surface area contributed by atoms with Gasteiger partial charge in [-0.05, 0) is 13.8 Å². The summed E-state index contributed by atoms with van der Waals surface area (Å²) in [5, 5.41) is 2.58. The molecule has 7 heavy (non-hydrogen) atoms. The molecular weight excluding hydrogens is 158 g/mol. The summed E-state index contributed by atoms with van der Waals surface area (Å²) in [5.41, 5.74) is 0. The molecule has 0 bridgehead atoms. The normalized spacial score (nSPS) is 9.14. The van der Waals surface area contributed by atoms with Gasteiger partial charge in [0.2, 0.25) is 0 Å². The number of carbonyl (C=O) groups is 1.